The molecule has 1 aliphatic rings. The lowest BCUT2D eigenvalue weighted by atomic mass is 10.2. The van der Waals surface area contributed by atoms with Crippen molar-refractivity contribution in [3.05, 3.63) is 28.8 Å². The van der Waals surface area contributed by atoms with Crippen LogP contribution in [0.15, 0.2) is 23.1 Å². The normalized spacial score (nSPS) is 17.6. The lowest BCUT2D eigenvalue weighted by Crippen LogP contribution is -2.36. The molecule has 0 radical (unpaired) electrons. The predicted molar refractivity (Wildman–Crippen MR) is 64.4 cm³/mol. The van der Waals surface area contributed by atoms with E-state index in [2.05, 4.69) is 0 Å². The Morgan fingerprint density at radius 1 is 1.35 bits per heavy atom. The van der Waals surface area contributed by atoms with Crippen LogP contribution in [0.3, 0.4) is 0 Å². The standard InChI is InChI=1S/C11H8ClF3N2O2S/c12-8-3-1-2-7(11(13,14)15)9(8)20(18,19)17-10(6-16)4-5-10/h1-3,17H,4-5H2. The summed E-state index contributed by atoms with van der Waals surface area (Å²) in [7, 11) is -4.54. The molecule has 0 heterocycles. The molecule has 20 heavy (non-hydrogen) atoms. The quantitative estimate of drug-likeness (QED) is 0.929. The zero-order chi connectivity index (χ0) is 15.2. The minimum Gasteiger partial charge on any atom is -0.207 e. The maximum atomic E-state index is 12.9. The van der Waals surface area contributed by atoms with Crippen LogP contribution in [-0.2, 0) is 16.2 Å². The van der Waals surface area contributed by atoms with E-state index in [1.165, 1.54) is 0 Å². The molecule has 4 nitrogen and oxygen atoms in total. The average Bonchev–Trinajstić information content (AvgIpc) is 3.07. The van der Waals surface area contributed by atoms with Crippen molar-refractivity contribution in [1.82, 2.24) is 4.72 Å². The first-order valence-electron chi connectivity index (χ1n) is 5.42. The van der Waals surface area contributed by atoms with Gasteiger partial charge in [-0.05, 0) is 25.0 Å². The summed E-state index contributed by atoms with van der Waals surface area (Å²) < 4.78 is 64.8. The highest BCUT2D eigenvalue weighted by molar-refractivity contribution is 7.89. The number of nitrogens with zero attached hydrogens (tertiary/aromatic N) is 1. The zero-order valence-electron chi connectivity index (χ0n) is 9.83. The molecule has 1 aliphatic carbocycles. The number of benzene rings is 1. The predicted octanol–water partition coefficient (Wildman–Crippen LogP) is 2.69. The minimum atomic E-state index is -4.86. The summed E-state index contributed by atoms with van der Waals surface area (Å²) >= 11 is 5.61. The second-order valence-electron chi connectivity index (χ2n) is 4.41. The van der Waals surface area contributed by atoms with Crippen LogP contribution in [0.1, 0.15) is 18.4 Å². The molecule has 1 saturated carbocycles. The number of hydrogen-bond donors (Lipinski definition) is 1. The number of nitrogens with one attached hydrogen (secondary N) is 1. The van der Waals surface area contributed by atoms with E-state index in [4.69, 9.17) is 16.9 Å². The molecule has 0 aromatic heterocycles. The molecule has 0 unspecified atom stereocenters. The number of sulfonamides is 1. The highest BCUT2D eigenvalue weighted by Crippen LogP contribution is 2.40. The van der Waals surface area contributed by atoms with Gasteiger partial charge >= 0.3 is 6.18 Å². The number of rotatable bonds is 3. The Balaban J connectivity index is 2.55. The van der Waals surface area contributed by atoms with E-state index in [1.807, 2.05) is 4.72 Å². The summed E-state index contributed by atoms with van der Waals surface area (Å²) in [5, 5.41) is 8.29. The van der Waals surface area contributed by atoms with Crippen molar-refractivity contribution in [3.8, 4) is 6.07 Å². The van der Waals surface area contributed by atoms with E-state index >= 15 is 0 Å². The van der Waals surface area contributed by atoms with E-state index in [0.29, 0.717) is 6.07 Å². The first-order chi connectivity index (χ1) is 9.11. The first-order valence-corrected chi connectivity index (χ1v) is 7.28. The van der Waals surface area contributed by atoms with Gasteiger partial charge in [0, 0.05) is 0 Å². The van der Waals surface area contributed by atoms with Crippen LogP contribution < -0.4 is 4.72 Å². The van der Waals surface area contributed by atoms with Gasteiger partial charge < -0.3 is 0 Å². The van der Waals surface area contributed by atoms with Crippen LogP contribution in [-0.4, -0.2) is 14.0 Å². The van der Waals surface area contributed by atoms with Crippen molar-refractivity contribution in [2.75, 3.05) is 0 Å². The van der Waals surface area contributed by atoms with Crippen molar-refractivity contribution in [3.63, 3.8) is 0 Å². The van der Waals surface area contributed by atoms with Crippen LogP contribution in [0.4, 0.5) is 13.2 Å². The van der Waals surface area contributed by atoms with Crippen molar-refractivity contribution in [2.24, 2.45) is 0 Å². The van der Waals surface area contributed by atoms with E-state index in [0.717, 1.165) is 12.1 Å². The number of halogens is 4. The van der Waals surface area contributed by atoms with Crippen LogP contribution in [0.25, 0.3) is 0 Å². The monoisotopic (exact) mass is 324 g/mol. The maximum absolute atomic E-state index is 12.9. The molecule has 0 saturated heterocycles. The Morgan fingerprint density at radius 3 is 2.40 bits per heavy atom. The van der Waals surface area contributed by atoms with Crippen LogP contribution in [0.5, 0.6) is 0 Å². The SMILES string of the molecule is N#CC1(NS(=O)(=O)c2c(Cl)cccc2C(F)(F)F)CC1. The maximum Gasteiger partial charge on any atom is 0.417 e. The second kappa shape index (κ2) is 4.62. The number of hydrogen-bond acceptors (Lipinski definition) is 3. The lowest BCUT2D eigenvalue weighted by Gasteiger charge is -2.16. The molecule has 1 fully saturated rings. The van der Waals surface area contributed by atoms with Gasteiger partial charge in [-0.2, -0.15) is 23.2 Å². The fourth-order valence-electron chi connectivity index (χ4n) is 1.68. The Bertz CT molecular complexity index is 691. The van der Waals surface area contributed by atoms with Gasteiger partial charge in [0.15, 0.2) is 0 Å². The third-order valence-electron chi connectivity index (χ3n) is 2.83. The van der Waals surface area contributed by atoms with Gasteiger partial charge in [-0.25, -0.2) is 8.42 Å². The molecule has 0 amide bonds. The molecule has 1 N–H and O–H groups in total. The lowest BCUT2D eigenvalue weighted by molar-refractivity contribution is -0.139. The zero-order valence-corrected chi connectivity index (χ0v) is 11.4. The molecule has 9 heteroatoms. The molecule has 0 aliphatic heterocycles. The molecule has 1 aromatic rings. The fourth-order valence-corrected chi connectivity index (χ4v) is 3.82. The molecule has 108 valence electrons. The van der Waals surface area contributed by atoms with Crippen LogP contribution in [0.2, 0.25) is 5.02 Å². The molecule has 0 spiro atoms. The summed E-state index contributed by atoms with van der Waals surface area (Å²) in [6.07, 6.45) is -4.35. The first kappa shape index (κ1) is 15.1. The van der Waals surface area contributed by atoms with Crippen molar-refractivity contribution in [1.29, 1.82) is 5.26 Å². The van der Waals surface area contributed by atoms with E-state index in [9.17, 15) is 21.6 Å². The van der Waals surface area contributed by atoms with E-state index in [1.54, 1.807) is 6.07 Å². The fraction of sp³-hybridized carbons (Fsp3) is 0.364. The van der Waals surface area contributed by atoms with Gasteiger partial charge in [-0.3, -0.25) is 0 Å². The molecule has 2 rings (SSSR count). The van der Waals surface area contributed by atoms with Gasteiger partial charge in [-0.1, -0.05) is 17.7 Å². The minimum absolute atomic E-state index is 0.258. The van der Waals surface area contributed by atoms with Gasteiger partial charge in [-0.15, -0.1) is 0 Å². The third kappa shape index (κ3) is 2.75. The summed E-state index contributed by atoms with van der Waals surface area (Å²) in [5.74, 6) is 0. The average molecular weight is 325 g/mol. The summed E-state index contributed by atoms with van der Waals surface area (Å²) in [6, 6.07) is 4.44. The Hall–Kier alpha value is -1.30. The molecule has 1 aromatic carbocycles. The molecular formula is C11H8ClF3N2O2S. The van der Waals surface area contributed by atoms with Gasteiger partial charge in [0.2, 0.25) is 10.0 Å². The second-order valence-corrected chi connectivity index (χ2v) is 6.44. The number of alkyl halides is 3. The van der Waals surface area contributed by atoms with E-state index in [-0.39, 0.29) is 12.8 Å². The van der Waals surface area contributed by atoms with Crippen molar-refractivity contribution in [2.45, 2.75) is 29.5 Å². The van der Waals surface area contributed by atoms with E-state index < -0.39 is 37.2 Å². The Kier molecular flexibility index (Phi) is 3.48. The summed E-state index contributed by atoms with van der Waals surface area (Å²) in [5.41, 5.74) is -2.67. The molecule has 0 atom stereocenters. The van der Waals surface area contributed by atoms with Crippen molar-refractivity contribution < 1.29 is 21.6 Å². The Labute approximate surface area is 118 Å². The largest absolute Gasteiger partial charge is 0.417 e. The topological polar surface area (TPSA) is 70.0 Å². The summed E-state index contributed by atoms with van der Waals surface area (Å²) in [4.78, 5) is -1.05. The summed E-state index contributed by atoms with van der Waals surface area (Å²) in [6.45, 7) is 0. The highest BCUT2D eigenvalue weighted by Gasteiger charge is 2.48. The van der Waals surface area contributed by atoms with Gasteiger partial charge in [0.25, 0.3) is 0 Å². The molecule has 0 bridgehead atoms. The van der Waals surface area contributed by atoms with Gasteiger partial charge in [0.05, 0.1) is 16.7 Å². The third-order valence-corrected chi connectivity index (χ3v) is 4.90. The number of nitriles is 1. The molecular weight excluding hydrogens is 317 g/mol. The van der Waals surface area contributed by atoms with Crippen LogP contribution >= 0.6 is 11.6 Å². The smallest absolute Gasteiger partial charge is 0.207 e. The Morgan fingerprint density at radius 2 is 1.95 bits per heavy atom. The van der Waals surface area contributed by atoms with Gasteiger partial charge in [0.1, 0.15) is 10.4 Å². The van der Waals surface area contributed by atoms with Crippen molar-refractivity contribution >= 4 is 21.6 Å². The highest BCUT2D eigenvalue weighted by atomic mass is 35.5. The van der Waals surface area contributed by atoms with Crippen LogP contribution in [0, 0.1) is 11.3 Å².